The van der Waals surface area contributed by atoms with Crippen LogP contribution in [0.3, 0.4) is 0 Å². The van der Waals surface area contributed by atoms with Gasteiger partial charge in [0.25, 0.3) is 0 Å². The molecule has 0 fully saturated rings. The number of thioether (sulfide) groups is 1. The van der Waals surface area contributed by atoms with E-state index >= 15 is 0 Å². The van der Waals surface area contributed by atoms with Crippen molar-refractivity contribution >= 4 is 23.7 Å². The van der Waals surface area contributed by atoms with Crippen LogP contribution in [-0.2, 0) is 19.1 Å². The van der Waals surface area contributed by atoms with E-state index in [0.717, 1.165) is 40.0 Å². The number of ether oxygens (including phenoxy) is 2. The third-order valence-electron chi connectivity index (χ3n) is 5.18. The minimum Gasteiger partial charge on any atom is -0.465 e. The van der Waals surface area contributed by atoms with Crippen LogP contribution in [0.1, 0.15) is 13.8 Å². The Labute approximate surface area is 208 Å². The molecule has 6 nitrogen and oxygen atoms in total. The normalized spacial score (nSPS) is 10.8. The van der Waals surface area contributed by atoms with E-state index in [1.165, 1.54) is 0 Å². The Kier molecular flexibility index (Phi) is 8.00. The van der Waals surface area contributed by atoms with Crippen molar-refractivity contribution in [3.63, 3.8) is 0 Å². The quantitative estimate of drug-likeness (QED) is 0.169. The number of aromatic nitrogens is 2. The molecule has 0 saturated carbocycles. The van der Waals surface area contributed by atoms with E-state index in [-0.39, 0.29) is 13.2 Å². The van der Waals surface area contributed by atoms with Crippen molar-refractivity contribution in [3.8, 4) is 28.2 Å². The molecule has 1 aromatic heterocycles. The lowest BCUT2D eigenvalue weighted by molar-refractivity contribution is -0.152. The molecule has 0 aliphatic heterocycles. The standard InChI is InChI=1S/C28H26N2O4S/c1-3-33-26(31)25(27(32)34-4-2)35-28-29-23(20-14-8-5-9-15-20)24(21-16-10-6-11-17-21)30(28)22-18-12-7-13-19-22/h5-19,25H,3-4H2,1-2H3. The van der Waals surface area contributed by atoms with Crippen molar-refractivity contribution in [1.82, 2.24) is 9.55 Å². The summed E-state index contributed by atoms with van der Waals surface area (Å²) in [6.07, 6.45) is 0. The second-order valence-corrected chi connectivity index (χ2v) is 8.57. The van der Waals surface area contributed by atoms with Crippen LogP contribution >= 0.6 is 11.8 Å². The summed E-state index contributed by atoms with van der Waals surface area (Å²) in [5.41, 5.74) is 4.34. The minimum absolute atomic E-state index is 0.160. The molecular formula is C28H26N2O4S. The first kappa shape index (κ1) is 24.3. The number of hydrogen-bond donors (Lipinski definition) is 0. The highest BCUT2D eigenvalue weighted by molar-refractivity contribution is 8.01. The van der Waals surface area contributed by atoms with Gasteiger partial charge in [0.15, 0.2) is 5.16 Å². The van der Waals surface area contributed by atoms with Gasteiger partial charge in [0.1, 0.15) is 0 Å². The average Bonchev–Trinajstić information content (AvgIpc) is 3.28. The zero-order valence-corrected chi connectivity index (χ0v) is 20.4. The van der Waals surface area contributed by atoms with Gasteiger partial charge in [-0.3, -0.25) is 14.2 Å². The number of carbonyl (C=O) groups is 2. The van der Waals surface area contributed by atoms with Crippen LogP contribution < -0.4 is 0 Å². The van der Waals surface area contributed by atoms with Crippen molar-refractivity contribution in [3.05, 3.63) is 91.0 Å². The minimum atomic E-state index is -1.20. The molecular weight excluding hydrogens is 460 g/mol. The first-order valence-electron chi connectivity index (χ1n) is 11.4. The maximum atomic E-state index is 12.8. The number of carbonyl (C=O) groups excluding carboxylic acids is 2. The first-order valence-corrected chi connectivity index (χ1v) is 12.3. The van der Waals surface area contributed by atoms with E-state index in [0.29, 0.717) is 5.16 Å². The van der Waals surface area contributed by atoms with E-state index in [9.17, 15) is 9.59 Å². The molecule has 0 saturated heterocycles. The Morgan fingerprint density at radius 3 is 1.77 bits per heavy atom. The van der Waals surface area contributed by atoms with Gasteiger partial charge in [-0.1, -0.05) is 90.6 Å². The van der Waals surface area contributed by atoms with Crippen LogP contribution in [0.15, 0.2) is 96.2 Å². The van der Waals surface area contributed by atoms with E-state index < -0.39 is 17.2 Å². The van der Waals surface area contributed by atoms with E-state index in [1.54, 1.807) is 13.8 Å². The molecule has 0 atom stereocenters. The molecule has 35 heavy (non-hydrogen) atoms. The summed E-state index contributed by atoms with van der Waals surface area (Å²) in [6, 6.07) is 29.5. The van der Waals surface area contributed by atoms with Gasteiger partial charge in [-0.15, -0.1) is 0 Å². The van der Waals surface area contributed by atoms with Crippen molar-refractivity contribution in [2.45, 2.75) is 24.3 Å². The predicted molar refractivity (Wildman–Crippen MR) is 137 cm³/mol. The van der Waals surface area contributed by atoms with Crippen LogP contribution in [0, 0.1) is 0 Å². The zero-order valence-electron chi connectivity index (χ0n) is 19.6. The summed E-state index contributed by atoms with van der Waals surface area (Å²) < 4.78 is 12.4. The topological polar surface area (TPSA) is 70.4 Å². The number of rotatable bonds is 9. The van der Waals surface area contributed by atoms with Crippen LogP contribution in [0.4, 0.5) is 0 Å². The smallest absolute Gasteiger partial charge is 0.331 e. The molecule has 4 rings (SSSR count). The Balaban J connectivity index is 1.95. The van der Waals surface area contributed by atoms with Crippen molar-refractivity contribution in [1.29, 1.82) is 0 Å². The van der Waals surface area contributed by atoms with Crippen LogP contribution in [0.5, 0.6) is 0 Å². The van der Waals surface area contributed by atoms with Gasteiger partial charge in [-0.25, -0.2) is 4.98 Å². The van der Waals surface area contributed by atoms with Crippen LogP contribution in [0.2, 0.25) is 0 Å². The molecule has 0 bridgehead atoms. The molecule has 0 N–H and O–H groups in total. The SMILES string of the molecule is CCOC(=O)C(Sc1nc(-c2ccccc2)c(-c2ccccc2)n1-c1ccccc1)C(=O)OCC. The second-order valence-electron chi connectivity index (χ2n) is 7.50. The van der Waals surface area contributed by atoms with Gasteiger partial charge in [-0.05, 0) is 26.0 Å². The van der Waals surface area contributed by atoms with Gasteiger partial charge < -0.3 is 9.47 Å². The Hall–Kier alpha value is -3.84. The fourth-order valence-corrected chi connectivity index (χ4v) is 4.67. The molecule has 0 radical (unpaired) electrons. The Bertz CT molecular complexity index is 1260. The van der Waals surface area contributed by atoms with Gasteiger partial charge in [0.2, 0.25) is 5.25 Å². The summed E-state index contributed by atoms with van der Waals surface area (Å²) in [5, 5.41) is -0.716. The van der Waals surface area contributed by atoms with Crippen molar-refractivity contribution in [2.24, 2.45) is 0 Å². The number of imidazole rings is 1. The summed E-state index contributed by atoms with van der Waals surface area (Å²) in [7, 11) is 0. The largest absolute Gasteiger partial charge is 0.465 e. The van der Waals surface area contributed by atoms with Gasteiger partial charge >= 0.3 is 11.9 Å². The fraction of sp³-hybridized carbons (Fsp3) is 0.179. The number of nitrogens with zero attached hydrogens (tertiary/aromatic N) is 2. The van der Waals surface area contributed by atoms with Crippen molar-refractivity contribution in [2.75, 3.05) is 13.2 Å². The highest BCUT2D eigenvalue weighted by Gasteiger charge is 2.34. The maximum Gasteiger partial charge on any atom is 0.331 e. The number of benzene rings is 3. The molecule has 1 heterocycles. The Morgan fingerprint density at radius 2 is 1.26 bits per heavy atom. The summed E-state index contributed by atoms with van der Waals surface area (Å²) in [6.45, 7) is 3.73. The summed E-state index contributed by atoms with van der Waals surface area (Å²) in [4.78, 5) is 30.5. The molecule has 0 unspecified atom stereocenters. The maximum absolute atomic E-state index is 12.8. The molecule has 0 aliphatic carbocycles. The summed E-state index contributed by atoms with van der Waals surface area (Å²) in [5.74, 6) is -1.30. The second kappa shape index (κ2) is 11.5. The van der Waals surface area contributed by atoms with Gasteiger partial charge in [0.05, 0.1) is 24.6 Å². The lowest BCUT2D eigenvalue weighted by Gasteiger charge is -2.16. The molecule has 4 aromatic rings. The van der Waals surface area contributed by atoms with Gasteiger partial charge in [0, 0.05) is 16.8 Å². The highest BCUT2D eigenvalue weighted by atomic mass is 32.2. The monoisotopic (exact) mass is 486 g/mol. The number of hydrogen-bond acceptors (Lipinski definition) is 6. The molecule has 0 spiro atoms. The zero-order chi connectivity index (χ0) is 24.6. The molecule has 0 aliphatic rings. The fourth-order valence-electron chi connectivity index (χ4n) is 3.69. The molecule has 178 valence electrons. The van der Waals surface area contributed by atoms with E-state index in [4.69, 9.17) is 14.5 Å². The number of esters is 2. The third kappa shape index (κ3) is 5.46. The first-order chi connectivity index (χ1) is 17.1. The van der Waals surface area contributed by atoms with Crippen LogP contribution in [0.25, 0.3) is 28.2 Å². The lowest BCUT2D eigenvalue weighted by atomic mass is 10.0. The van der Waals surface area contributed by atoms with E-state index in [1.807, 2.05) is 95.6 Å². The van der Waals surface area contributed by atoms with Crippen LogP contribution in [-0.4, -0.2) is 40.0 Å². The molecule has 3 aromatic carbocycles. The van der Waals surface area contributed by atoms with Gasteiger partial charge in [-0.2, -0.15) is 0 Å². The number of para-hydroxylation sites is 1. The Morgan fingerprint density at radius 1 is 0.771 bits per heavy atom. The summed E-state index contributed by atoms with van der Waals surface area (Å²) >= 11 is 1.03. The highest BCUT2D eigenvalue weighted by Crippen LogP contribution is 2.39. The molecule has 7 heteroatoms. The predicted octanol–water partition coefficient (Wildman–Crippen LogP) is 5.79. The average molecular weight is 487 g/mol. The third-order valence-corrected chi connectivity index (χ3v) is 6.29. The lowest BCUT2D eigenvalue weighted by Crippen LogP contribution is -2.31. The van der Waals surface area contributed by atoms with E-state index in [2.05, 4.69) is 0 Å². The molecule has 0 amide bonds. The van der Waals surface area contributed by atoms with Crippen molar-refractivity contribution < 1.29 is 19.1 Å².